The highest BCUT2D eigenvalue weighted by Crippen LogP contribution is 2.10. The number of nitrogens with zero attached hydrogens (tertiary/aromatic N) is 2. The molecule has 4 heteroatoms. The Kier molecular flexibility index (Phi) is 4.87. The van der Waals surface area contributed by atoms with Crippen LogP contribution < -0.4 is 0 Å². The number of esters is 1. The van der Waals surface area contributed by atoms with E-state index in [0.29, 0.717) is 0 Å². The van der Waals surface area contributed by atoms with Gasteiger partial charge in [-0.3, -0.25) is 0 Å². The summed E-state index contributed by atoms with van der Waals surface area (Å²) >= 11 is 0. The molecule has 2 aromatic carbocycles. The van der Waals surface area contributed by atoms with E-state index in [9.17, 15) is 4.79 Å². The molecular formula is C20H18N2O2. The zero-order valence-electron chi connectivity index (χ0n) is 13.4. The standard InChI is InChI=1S/C20H18N2O2/c1-16-3-5-17(6-4-16)9-12-20(23)24-15-18-7-10-19(11-8-18)22-14-2-13-21-22/h2-14H,15H2,1H3/b12-9+. The van der Waals surface area contributed by atoms with Crippen molar-refractivity contribution in [1.29, 1.82) is 0 Å². The van der Waals surface area contributed by atoms with Gasteiger partial charge in [0.1, 0.15) is 6.61 Å². The van der Waals surface area contributed by atoms with Crippen LogP contribution in [0.4, 0.5) is 0 Å². The average molecular weight is 318 g/mol. The highest BCUT2D eigenvalue weighted by molar-refractivity contribution is 5.87. The summed E-state index contributed by atoms with van der Waals surface area (Å²) in [5, 5.41) is 4.17. The Bertz CT molecular complexity index is 817. The van der Waals surface area contributed by atoms with Crippen molar-refractivity contribution >= 4 is 12.0 Å². The van der Waals surface area contributed by atoms with E-state index in [1.165, 1.54) is 11.6 Å². The fraction of sp³-hybridized carbons (Fsp3) is 0.100. The second kappa shape index (κ2) is 7.42. The summed E-state index contributed by atoms with van der Waals surface area (Å²) in [7, 11) is 0. The third kappa shape index (κ3) is 4.20. The molecule has 3 rings (SSSR count). The van der Waals surface area contributed by atoms with Gasteiger partial charge in [-0.15, -0.1) is 0 Å². The van der Waals surface area contributed by atoms with Crippen molar-refractivity contribution in [2.75, 3.05) is 0 Å². The molecule has 0 fully saturated rings. The van der Waals surface area contributed by atoms with Crippen LogP contribution >= 0.6 is 0 Å². The Labute approximate surface area is 141 Å². The van der Waals surface area contributed by atoms with Gasteiger partial charge in [0.25, 0.3) is 0 Å². The van der Waals surface area contributed by atoms with E-state index in [1.807, 2.05) is 67.7 Å². The van der Waals surface area contributed by atoms with Crippen LogP contribution in [0.3, 0.4) is 0 Å². The largest absolute Gasteiger partial charge is 0.458 e. The molecule has 0 radical (unpaired) electrons. The molecule has 0 aliphatic rings. The molecule has 0 saturated carbocycles. The van der Waals surface area contributed by atoms with Crippen LogP contribution in [0.15, 0.2) is 73.1 Å². The normalized spacial score (nSPS) is 10.9. The first-order valence-electron chi connectivity index (χ1n) is 7.71. The molecule has 0 saturated heterocycles. The number of carbonyl (C=O) groups excluding carboxylic acids is 1. The van der Waals surface area contributed by atoms with Crippen molar-refractivity contribution in [3.8, 4) is 5.69 Å². The molecule has 120 valence electrons. The van der Waals surface area contributed by atoms with Gasteiger partial charge >= 0.3 is 5.97 Å². The van der Waals surface area contributed by atoms with E-state index in [4.69, 9.17) is 4.74 Å². The molecule has 0 atom stereocenters. The lowest BCUT2D eigenvalue weighted by Crippen LogP contribution is -2.01. The zero-order valence-corrected chi connectivity index (χ0v) is 13.4. The van der Waals surface area contributed by atoms with Crippen molar-refractivity contribution in [2.45, 2.75) is 13.5 Å². The van der Waals surface area contributed by atoms with Gasteiger partial charge in [0.2, 0.25) is 0 Å². The molecular weight excluding hydrogens is 300 g/mol. The molecule has 0 amide bonds. The fourth-order valence-electron chi connectivity index (χ4n) is 2.21. The van der Waals surface area contributed by atoms with Crippen LogP contribution in [0.2, 0.25) is 0 Å². The lowest BCUT2D eigenvalue weighted by molar-refractivity contribution is -0.138. The van der Waals surface area contributed by atoms with E-state index >= 15 is 0 Å². The maximum atomic E-state index is 11.8. The second-order valence-corrected chi connectivity index (χ2v) is 5.47. The Morgan fingerprint density at radius 3 is 2.54 bits per heavy atom. The SMILES string of the molecule is Cc1ccc(/C=C/C(=O)OCc2ccc(-n3cccn3)cc2)cc1. The minimum atomic E-state index is -0.355. The quantitative estimate of drug-likeness (QED) is 0.529. The first-order chi connectivity index (χ1) is 11.7. The molecule has 4 nitrogen and oxygen atoms in total. The molecule has 1 aromatic heterocycles. The number of hydrogen-bond acceptors (Lipinski definition) is 3. The van der Waals surface area contributed by atoms with E-state index in [1.54, 1.807) is 17.0 Å². The first-order valence-corrected chi connectivity index (χ1v) is 7.71. The van der Waals surface area contributed by atoms with Crippen molar-refractivity contribution in [3.63, 3.8) is 0 Å². The summed E-state index contributed by atoms with van der Waals surface area (Å²) in [6, 6.07) is 17.5. The van der Waals surface area contributed by atoms with Gasteiger partial charge in [-0.25, -0.2) is 9.48 Å². The average Bonchev–Trinajstić information content (AvgIpc) is 3.14. The number of benzene rings is 2. The Balaban J connectivity index is 1.53. The molecule has 0 N–H and O–H groups in total. The number of rotatable bonds is 5. The zero-order chi connectivity index (χ0) is 16.8. The van der Waals surface area contributed by atoms with Crippen molar-refractivity contribution in [1.82, 2.24) is 9.78 Å². The molecule has 0 aliphatic carbocycles. The Hall–Kier alpha value is -3.14. The molecule has 0 unspecified atom stereocenters. The molecule has 0 aliphatic heterocycles. The summed E-state index contributed by atoms with van der Waals surface area (Å²) in [5.41, 5.74) is 4.06. The highest BCUT2D eigenvalue weighted by atomic mass is 16.5. The van der Waals surface area contributed by atoms with Gasteiger partial charge in [-0.05, 0) is 42.3 Å². The van der Waals surface area contributed by atoms with Gasteiger partial charge < -0.3 is 4.74 Å². The van der Waals surface area contributed by atoms with E-state index < -0.39 is 0 Å². The van der Waals surface area contributed by atoms with Crippen LogP contribution in [0.5, 0.6) is 0 Å². The summed E-state index contributed by atoms with van der Waals surface area (Å²) in [5.74, 6) is -0.355. The van der Waals surface area contributed by atoms with Gasteiger partial charge in [-0.2, -0.15) is 5.10 Å². The van der Waals surface area contributed by atoms with Crippen LogP contribution in [-0.2, 0) is 16.1 Å². The molecule has 3 aromatic rings. The number of aromatic nitrogens is 2. The molecule has 1 heterocycles. The van der Waals surface area contributed by atoms with E-state index in [2.05, 4.69) is 5.10 Å². The smallest absolute Gasteiger partial charge is 0.331 e. The first kappa shape index (κ1) is 15.7. The predicted molar refractivity (Wildman–Crippen MR) is 93.6 cm³/mol. The van der Waals surface area contributed by atoms with Crippen LogP contribution in [0, 0.1) is 6.92 Å². The third-order valence-electron chi connectivity index (χ3n) is 3.58. The van der Waals surface area contributed by atoms with Gasteiger partial charge in [-0.1, -0.05) is 42.0 Å². The number of carbonyl (C=O) groups is 1. The third-order valence-corrected chi connectivity index (χ3v) is 3.58. The molecule has 0 bridgehead atoms. The lowest BCUT2D eigenvalue weighted by atomic mass is 10.1. The minimum Gasteiger partial charge on any atom is -0.458 e. The number of ether oxygens (including phenoxy) is 1. The molecule has 0 spiro atoms. The van der Waals surface area contributed by atoms with E-state index in [-0.39, 0.29) is 12.6 Å². The maximum absolute atomic E-state index is 11.8. The monoisotopic (exact) mass is 318 g/mol. The lowest BCUT2D eigenvalue weighted by Gasteiger charge is -2.05. The van der Waals surface area contributed by atoms with Crippen molar-refractivity contribution in [2.24, 2.45) is 0 Å². The number of hydrogen-bond donors (Lipinski definition) is 0. The highest BCUT2D eigenvalue weighted by Gasteiger charge is 2.01. The van der Waals surface area contributed by atoms with Crippen LogP contribution in [0.1, 0.15) is 16.7 Å². The summed E-state index contributed by atoms with van der Waals surface area (Å²) in [6.07, 6.45) is 6.81. The Morgan fingerprint density at radius 1 is 1.12 bits per heavy atom. The fourth-order valence-corrected chi connectivity index (χ4v) is 2.21. The van der Waals surface area contributed by atoms with Gasteiger partial charge in [0.15, 0.2) is 0 Å². The van der Waals surface area contributed by atoms with Gasteiger partial charge in [0.05, 0.1) is 5.69 Å². The minimum absolute atomic E-state index is 0.246. The van der Waals surface area contributed by atoms with Crippen LogP contribution in [-0.4, -0.2) is 15.7 Å². The number of aryl methyl sites for hydroxylation is 1. The summed E-state index contributed by atoms with van der Waals surface area (Å²) < 4.78 is 7.03. The van der Waals surface area contributed by atoms with Gasteiger partial charge in [0, 0.05) is 18.5 Å². The van der Waals surface area contributed by atoms with Crippen LogP contribution in [0.25, 0.3) is 11.8 Å². The van der Waals surface area contributed by atoms with Crippen molar-refractivity contribution < 1.29 is 9.53 Å². The maximum Gasteiger partial charge on any atom is 0.331 e. The summed E-state index contributed by atoms with van der Waals surface area (Å²) in [4.78, 5) is 11.8. The second-order valence-electron chi connectivity index (χ2n) is 5.47. The Morgan fingerprint density at radius 2 is 1.88 bits per heavy atom. The topological polar surface area (TPSA) is 44.1 Å². The molecule has 24 heavy (non-hydrogen) atoms. The van der Waals surface area contributed by atoms with Crippen molar-refractivity contribution in [3.05, 3.63) is 89.8 Å². The summed E-state index contributed by atoms with van der Waals surface area (Å²) in [6.45, 7) is 2.27. The van der Waals surface area contributed by atoms with E-state index in [0.717, 1.165) is 16.8 Å². The predicted octanol–water partition coefficient (Wildman–Crippen LogP) is 3.94.